The molecule has 2 unspecified atom stereocenters. The maximum Gasteiger partial charge on any atom is 0.266 e. The monoisotopic (exact) mass is 332 g/mol. The first-order valence-corrected chi connectivity index (χ1v) is 7.81. The minimum absolute atomic E-state index is 0.0391. The molecule has 0 spiro atoms. The van der Waals surface area contributed by atoms with E-state index in [4.69, 9.17) is 4.74 Å². The molecule has 2 N–H and O–H groups in total. The van der Waals surface area contributed by atoms with Gasteiger partial charge in [-0.2, -0.15) is 0 Å². The van der Waals surface area contributed by atoms with Crippen molar-refractivity contribution in [3.8, 4) is 5.75 Å². The molecule has 0 radical (unpaired) electrons. The van der Waals surface area contributed by atoms with E-state index in [1.54, 1.807) is 24.3 Å². The third-order valence-electron chi connectivity index (χ3n) is 3.89. The van der Waals surface area contributed by atoms with Crippen LogP contribution in [0.2, 0.25) is 0 Å². The van der Waals surface area contributed by atoms with Gasteiger partial charge in [-0.1, -0.05) is 30.3 Å². The first-order valence-electron chi connectivity index (χ1n) is 7.81. The van der Waals surface area contributed by atoms with Gasteiger partial charge in [-0.05, 0) is 25.1 Å². The molecule has 1 aliphatic rings. The predicted molar refractivity (Wildman–Crippen MR) is 85.6 cm³/mol. The fourth-order valence-corrected chi connectivity index (χ4v) is 2.64. The zero-order valence-electron chi connectivity index (χ0n) is 13.0. The third-order valence-corrected chi connectivity index (χ3v) is 3.89. The van der Waals surface area contributed by atoms with Gasteiger partial charge >= 0.3 is 0 Å². The number of carbonyl (C=O) groups is 1. The van der Waals surface area contributed by atoms with Gasteiger partial charge in [0.25, 0.3) is 5.91 Å². The molecule has 4 nitrogen and oxygen atoms in total. The molecule has 3 rings (SSSR count). The molecule has 2 aromatic carbocycles. The van der Waals surface area contributed by atoms with Crippen LogP contribution in [-0.2, 0) is 4.79 Å². The molecule has 1 heterocycles. The highest BCUT2D eigenvalue weighted by atomic mass is 19.2. The smallest absolute Gasteiger partial charge is 0.266 e. The minimum Gasteiger partial charge on any atom is -0.476 e. The summed E-state index contributed by atoms with van der Waals surface area (Å²) in [4.78, 5) is 12.6. The fourth-order valence-electron chi connectivity index (χ4n) is 2.64. The Labute approximate surface area is 138 Å². The van der Waals surface area contributed by atoms with Gasteiger partial charge in [0.2, 0.25) is 6.10 Å². The highest BCUT2D eigenvalue weighted by molar-refractivity contribution is 5.83. The number of rotatable bonds is 5. The Hall–Kier alpha value is -2.47. The van der Waals surface area contributed by atoms with Crippen molar-refractivity contribution in [2.75, 3.05) is 13.1 Å². The van der Waals surface area contributed by atoms with Crippen molar-refractivity contribution in [2.24, 2.45) is 0 Å². The van der Waals surface area contributed by atoms with E-state index in [1.807, 2.05) is 6.07 Å². The van der Waals surface area contributed by atoms with E-state index >= 15 is 0 Å². The number of carbonyl (C=O) groups excluding carboxylic acids is 1. The Morgan fingerprint density at radius 1 is 1.17 bits per heavy atom. The summed E-state index contributed by atoms with van der Waals surface area (Å²) in [5, 5.41) is 6.10. The van der Waals surface area contributed by atoms with E-state index < -0.39 is 17.7 Å². The topological polar surface area (TPSA) is 50.4 Å². The quantitative estimate of drug-likeness (QED) is 0.885. The molecule has 0 aromatic heterocycles. The molecule has 126 valence electrons. The number of hydrogen-bond donors (Lipinski definition) is 2. The Morgan fingerprint density at radius 2 is 1.96 bits per heavy atom. The Bertz CT molecular complexity index is 703. The van der Waals surface area contributed by atoms with Crippen LogP contribution in [0.1, 0.15) is 18.1 Å². The molecule has 24 heavy (non-hydrogen) atoms. The van der Waals surface area contributed by atoms with Gasteiger partial charge in [0, 0.05) is 24.2 Å². The average molecular weight is 332 g/mol. The van der Waals surface area contributed by atoms with Crippen LogP contribution >= 0.6 is 0 Å². The highest BCUT2D eigenvalue weighted by Gasteiger charge is 2.26. The number of nitrogens with one attached hydrogen (secondary N) is 2. The lowest BCUT2D eigenvalue weighted by Crippen LogP contribution is -2.40. The predicted octanol–water partition coefficient (Wildman–Crippen LogP) is 2.56. The summed E-state index contributed by atoms with van der Waals surface area (Å²) < 4.78 is 32.1. The van der Waals surface area contributed by atoms with E-state index in [9.17, 15) is 13.6 Å². The van der Waals surface area contributed by atoms with Crippen molar-refractivity contribution in [1.82, 2.24) is 10.6 Å². The molecule has 2 atom stereocenters. The molecule has 1 aliphatic heterocycles. The molecular formula is C18H18F2N2O2. The second-order valence-corrected chi connectivity index (χ2v) is 5.68. The van der Waals surface area contributed by atoms with E-state index in [-0.39, 0.29) is 17.7 Å². The second-order valence-electron chi connectivity index (χ2n) is 5.68. The summed E-state index contributed by atoms with van der Waals surface area (Å²) in [6.07, 6.45) is -0.0880. The van der Waals surface area contributed by atoms with Crippen LogP contribution in [0.25, 0.3) is 0 Å². The lowest BCUT2D eigenvalue weighted by Gasteiger charge is -2.21. The van der Waals surface area contributed by atoms with Crippen LogP contribution in [-0.4, -0.2) is 25.0 Å². The first-order chi connectivity index (χ1) is 11.6. The van der Waals surface area contributed by atoms with E-state index in [0.29, 0.717) is 12.1 Å². The van der Waals surface area contributed by atoms with Crippen LogP contribution in [0.5, 0.6) is 5.75 Å². The van der Waals surface area contributed by atoms with Crippen molar-refractivity contribution in [3.63, 3.8) is 0 Å². The van der Waals surface area contributed by atoms with Gasteiger partial charge in [0.1, 0.15) is 5.75 Å². The SMILES string of the molecule is O=C(NC1CCNC1)C(Oc1ccc(F)c(F)c1)c1ccccc1. The lowest BCUT2D eigenvalue weighted by atomic mass is 10.1. The van der Waals surface area contributed by atoms with Crippen molar-refractivity contribution in [3.05, 3.63) is 65.7 Å². The van der Waals surface area contributed by atoms with Crippen LogP contribution in [0.4, 0.5) is 8.78 Å². The van der Waals surface area contributed by atoms with Gasteiger partial charge in [-0.3, -0.25) is 4.79 Å². The number of hydrogen-bond acceptors (Lipinski definition) is 3. The normalized spacial score (nSPS) is 18.2. The van der Waals surface area contributed by atoms with Crippen molar-refractivity contribution in [1.29, 1.82) is 0 Å². The molecule has 2 aromatic rings. The summed E-state index contributed by atoms with van der Waals surface area (Å²) >= 11 is 0. The van der Waals surface area contributed by atoms with Gasteiger partial charge < -0.3 is 15.4 Å². The van der Waals surface area contributed by atoms with Crippen molar-refractivity contribution < 1.29 is 18.3 Å². The Morgan fingerprint density at radius 3 is 2.62 bits per heavy atom. The van der Waals surface area contributed by atoms with Crippen LogP contribution in [0.15, 0.2) is 48.5 Å². The van der Waals surface area contributed by atoms with E-state index in [1.165, 1.54) is 6.07 Å². The largest absolute Gasteiger partial charge is 0.476 e. The zero-order chi connectivity index (χ0) is 16.9. The summed E-state index contributed by atoms with van der Waals surface area (Å²) in [5.41, 5.74) is 0.644. The average Bonchev–Trinajstić information content (AvgIpc) is 3.09. The minimum atomic E-state index is -1.01. The van der Waals surface area contributed by atoms with Gasteiger partial charge in [-0.25, -0.2) is 8.78 Å². The van der Waals surface area contributed by atoms with Crippen LogP contribution in [0.3, 0.4) is 0 Å². The molecule has 0 saturated carbocycles. The Kier molecular flexibility index (Phi) is 5.05. The molecule has 6 heteroatoms. The van der Waals surface area contributed by atoms with E-state index in [0.717, 1.165) is 25.1 Å². The maximum absolute atomic E-state index is 13.4. The molecule has 0 aliphatic carbocycles. The maximum atomic E-state index is 13.4. The summed E-state index contributed by atoms with van der Waals surface area (Å²) in [6.45, 7) is 1.56. The lowest BCUT2D eigenvalue weighted by molar-refractivity contribution is -0.128. The van der Waals surface area contributed by atoms with Gasteiger partial charge in [-0.15, -0.1) is 0 Å². The molecular weight excluding hydrogens is 314 g/mol. The summed E-state index contributed by atoms with van der Waals surface area (Å²) in [6, 6.07) is 12.2. The zero-order valence-corrected chi connectivity index (χ0v) is 13.0. The van der Waals surface area contributed by atoms with E-state index in [2.05, 4.69) is 10.6 Å². The van der Waals surface area contributed by atoms with Crippen LogP contribution in [0, 0.1) is 11.6 Å². The summed E-state index contributed by atoms with van der Waals surface area (Å²) in [5.74, 6) is -2.18. The fraction of sp³-hybridized carbons (Fsp3) is 0.278. The molecule has 1 amide bonds. The summed E-state index contributed by atoms with van der Waals surface area (Å²) in [7, 11) is 0. The second kappa shape index (κ2) is 7.40. The Balaban J connectivity index is 1.81. The standard InChI is InChI=1S/C18H18F2N2O2/c19-15-7-6-14(10-16(15)20)24-17(12-4-2-1-3-5-12)18(23)22-13-8-9-21-11-13/h1-7,10,13,17,21H,8-9,11H2,(H,22,23). The highest BCUT2D eigenvalue weighted by Crippen LogP contribution is 2.24. The molecule has 1 saturated heterocycles. The number of halogens is 2. The van der Waals surface area contributed by atoms with Crippen molar-refractivity contribution >= 4 is 5.91 Å². The number of benzene rings is 2. The number of ether oxygens (including phenoxy) is 1. The molecule has 0 bridgehead atoms. The van der Waals surface area contributed by atoms with Crippen LogP contribution < -0.4 is 15.4 Å². The van der Waals surface area contributed by atoms with Gasteiger partial charge in [0.15, 0.2) is 11.6 Å². The first kappa shape index (κ1) is 16.4. The number of amides is 1. The third kappa shape index (κ3) is 3.89. The van der Waals surface area contributed by atoms with Gasteiger partial charge in [0.05, 0.1) is 0 Å². The molecule has 1 fully saturated rings. The van der Waals surface area contributed by atoms with Crippen molar-refractivity contribution in [2.45, 2.75) is 18.6 Å².